The Balaban J connectivity index is 2.56. The second kappa shape index (κ2) is 7.77. The Kier molecular flexibility index (Phi) is 6.35. The number of aliphatic imine (C=N–C) groups is 1. The number of anilines is 1. The van der Waals surface area contributed by atoms with Crippen molar-refractivity contribution in [3.63, 3.8) is 0 Å². The number of nitrogens with one attached hydrogen (secondary N) is 2. The summed E-state index contributed by atoms with van der Waals surface area (Å²) < 4.78 is 28.6. The fraction of sp³-hybridized carbons (Fsp3) is 0.667. The summed E-state index contributed by atoms with van der Waals surface area (Å²) in [5.74, 6) is 0.431. The van der Waals surface area contributed by atoms with Crippen molar-refractivity contribution in [3.05, 3.63) is 5.69 Å². The van der Waals surface area contributed by atoms with Crippen molar-refractivity contribution in [2.75, 3.05) is 38.2 Å². The summed E-state index contributed by atoms with van der Waals surface area (Å²) in [6.45, 7) is 0.817. The normalized spacial score (nSPS) is 12.6. The van der Waals surface area contributed by atoms with E-state index >= 15 is 0 Å². The third-order valence-corrected chi connectivity index (χ3v) is 2.84. The van der Waals surface area contributed by atoms with E-state index in [9.17, 15) is 8.42 Å². The van der Waals surface area contributed by atoms with Crippen LogP contribution in [0.25, 0.3) is 0 Å². The van der Waals surface area contributed by atoms with Gasteiger partial charge in [-0.15, -0.1) is 0 Å². The minimum atomic E-state index is -3.19. The maximum atomic E-state index is 10.9. The van der Waals surface area contributed by atoms with Crippen LogP contribution in [0, 0.1) is 0 Å². The van der Waals surface area contributed by atoms with E-state index in [4.69, 9.17) is 10.8 Å². The number of aliphatic hydroxyl groups is 1. The van der Waals surface area contributed by atoms with Crippen molar-refractivity contribution in [1.29, 1.82) is 0 Å². The molecule has 0 aliphatic heterocycles. The molecule has 0 aliphatic carbocycles. The Bertz CT molecular complexity index is 540. The van der Waals surface area contributed by atoms with E-state index < -0.39 is 10.0 Å². The van der Waals surface area contributed by atoms with Crippen molar-refractivity contribution in [1.82, 2.24) is 20.4 Å². The molecule has 10 nitrogen and oxygen atoms in total. The van der Waals surface area contributed by atoms with Gasteiger partial charge in [-0.3, -0.25) is 4.99 Å². The third kappa shape index (κ3) is 5.95. The van der Waals surface area contributed by atoms with Crippen molar-refractivity contribution < 1.29 is 18.2 Å². The van der Waals surface area contributed by atoms with Crippen LogP contribution in [-0.2, 0) is 10.0 Å². The summed E-state index contributed by atoms with van der Waals surface area (Å²) in [7, 11) is -3.19. The second-order valence-corrected chi connectivity index (χ2v) is 5.73. The first-order valence-electron chi connectivity index (χ1n) is 5.86. The van der Waals surface area contributed by atoms with Crippen LogP contribution >= 0.6 is 0 Å². The number of nitrogens with zero attached hydrogens (tertiary/aromatic N) is 3. The zero-order valence-corrected chi connectivity index (χ0v) is 11.9. The molecular weight excluding hydrogens is 288 g/mol. The van der Waals surface area contributed by atoms with Gasteiger partial charge in [-0.1, -0.05) is 0 Å². The molecule has 0 saturated carbocycles. The van der Waals surface area contributed by atoms with Crippen LogP contribution < -0.4 is 15.8 Å². The van der Waals surface area contributed by atoms with Crippen LogP contribution in [-0.4, -0.2) is 62.2 Å². The molecule has 0 aliphatic rings. The zero-order valence-electron chi connectivity index (χ0n) is 11.0. The molecule has 1 heterocycles. The smallest absolute Gasteiger partial charge is 0.208 e. The SMILES string of the molecule is CS(=O)(=O)NCCCN=C(NCCO)c1nonc1N. The second-order valence-electron chi connectivity index (χ2n) is 3.90. The van der Waals surface area contributed by atoms with E-state index in [0.29, 0.717) is 18.8 Å². The van der Waals surface area contributed by atoms with Gasteiger partial charge >= 0.3 is 0 Å². The van der Waals surface area contributed by atoms with E-state index in [0.717, 1.165) is 6.26 Å². The molecule has 5 N–H and O–H groups in total. The van der Waals surface area contributed by atoms with Crippen molar-refractivity contribution in [3.8, 4) is 0 Å². The summed E-state index contributed by atoms with van der Waals surface area (Å²) in [5, 5.41) is 18.7. The molecule has 0 atom stereocenters. The highest BCUT2D eigenvalue weighted by atomic mass is 32.2. The molecule has 0 aromatic carbocycles. The standard InChI is InChI=1S/C9H18N6O4S/c1-20(17,18)13-4-2-3-11-9(12-5-6-16)7-8(10)15-19-14-7/h13,16H,2-6H2,1H3,(H2,10,15)(H,11,12). The summed E-state index contributed by atoms with van der Waals surface area (Å²) in [6.07, 6.45) is 1.59. The molecule has 0 spiro atoms. The van der Waals surface area contributed by atoms with Gasteiger partial charge in [0.25, 0.3) is 0 Å². The highest BCUT2D eigenvalue weighted by Crippen LogP contribution is 2.04. The van der Waals surface area contributed by atoms with Gasteiger partial charge in [-0.05, 0) is 16.7 Å². The molecule has 1 rings (SSSR count). The first-order chi connectivity index (χ1) is 9.44. The Labute approximate surface area is 116 Å². The molecule has 0 saturated heterocycles. The lowest BCUT2D eigenvalue weighted by atomic mass is 10.3. The van der Waals surface area contributed by atoms with Gasteiger partial charge in [0, 0.05) is 19.6 Å². The van der Waals surface area contributed by atoms with Gasteiger partial charge in [0.15, 0.2) is 17.3 Å². The molecule has 0 radical (unpaired) electrons. The van der Waals surface area contributed by atoms with Gasteiger partial charge in [-0.2, -0.15) is 0 Å². The van der Waals surface area contributed by atoms with Crippen molar-refractivity contribution in [2.45, 2.75) is 6.42 Å². The van der Waals surface area contributed by atoms with Crippen LogP contribution in [0.15, 0.2) is 9.62 Å². The number of nitrogens with two attached hydrogens (primary N) is 1. The lowest BCUT2D eigenvalue weighted by molar-refractivity contribution is 0.299. The average molecular weight is 306 g/mol. The number of nitrogen functional groups attached to an aromatic ring is 1. The molecule has 0 bridgehead atoms. The number of hydrogen-bond donors (Lipinski definition) is 4. The summed E-state index contributed by atoms with van der Waals surface area (Å²) in [6, 6.07) is 0. The Hall–Kier alpha value is -1.72. The van der Waals surface area contributed by atoms with E-state index in [-0.39, 0.29) is 31.2 Å². The number of aromatic nitrogens is 2. The third-order valence-electron chi connectivity index (χ3n) is 2.11. The van der Waals surface area contributed by atoms with E-state index in [1.807, 2.05) is 0 Å². The van der Waals surface area contributed by atoms with E-state index in [2.05, 4.69) is 30.0 Å². The minimum Gasteiger partial charge on any atom is -0.395 e. The number of rotatable bonds is 8. The van der Waals surface area contributed by atoms with Gasteiger partial charge in [0.2, 0.25) is 10.0 Å². The van der Waals surface area contributed by atoms with Gasteiger partial charge in [0.05, 0.1) is 12.9 Å². The molecule has 0 amide bonds. The van der Waals surface area contributed by atoms with Gasteiger partial charge in [0.1, 0.15) is 0 Å². The quantitative estimate of drug-likeness (QED) is 0.242. The molecule has 0 unspecified atom stereocenters. The lowest BCUT2D eigenvalue weighted by Gasteiger charge is -2.06. The molecule has 20 heavy (non-hydrogen) atoms. The van der Waals surface area contributed by atoms with Crippen molar-refractivity contribution >= 4 is 21.7 Å². The summed E-state index contributed by atoms with van der Waals surface area (Å²) in [4.78, 5) is 4.20. The maximum absolute atomic E-state index is 10.9. The maximum Gasteiger partial charge on any atom is 0.208 e. The van der Waals surface area contributed by atoms with Crippen LogP contribution in [0.1, 0.15) is 12.1 Å². The molecule has 11 heteroatoms. The predicted octanol–water partition coefficient (Wildman–Crippen LogP) is -2.08. The van der Waals surface area contributed by atoms with Crippen LogP contribution in [0.5, 0.6) is 0 Å². The Morgan fingerprint density at radius 1 is 1.45 bits per heavy atom. The van der Waals surface area contributed by atoms with Crippen LogP contribution in [0.4, 0.5) is 5.82 Å². The van der Waals surface area contributed by atoms with E-state index in [1.54, 1.807) is 0 Å². The molecule has 1 aromatic heterocycles. The average Bonchev–Trinajstić information content (AvgIpc) is 2.77. The van der Waals surface area contributed by atoms with E-state index in [1.165, 1.54) is 0 Å². The lowest BCUT2D eigenvalue weighted by Crippen LogP contribution is -2.29. The first-order valence-corrected chi connectivity index (χ1v) is 7.75. The number of sulfonamides is 1. The summed E-state index contributed by atoms with van der Waals surface area (Å²) in [5.41, 5.74) is 5.82. The topological polar surface area (TPSA) is 156 Å². The first kappa shape index (κ1) is 16.3. The monoisotopic (exact) mass is 306 g/mol. The molecular formula is C9H18N6O4S. The number of hydrogen-bond acceptors (Lipinski definition) is 8. The fourth-order valence-electron chi connectivity index (χ4n) is 1.28. The van der Waals surface area contributed by atoms with Gasteiger partial charge in [-0.25, -0.2) is 17.8 Å². The highest BCUT2D eigenvalue weighted by Gasteiger charge is 2.13. The largest absolute Gasteiger partial charge is 0.395 e. The zero-order chi connectivity index (χ0) is 15.0. The predicted molar refractivity (Wildman–Crippen MR) is 72.7 cm³/mol. The highest BCUT2D eigenvalue weighted by molar-refractivity contribution is 7.88. The molecule has 1 aromatic rings. The number of amidine groups is 1. The molecule has 0 fully saturated rings. The van der Waals surface area contributed by atoms with Crippen LogP contribution in [0.2, 0.25) is 0 Å². The van der Waals surface area contributed by atoms with Crippen LogP contribution in [0.3, 0.4) is 0 Å². The Morgan fingerprint density at radius 2 is 2.20 bits per heavy atom. The Morgan fingerprint density at radius 3 is 2.75 bits per heavy atom. The molecule has 114 valence electrons. The number of aliphatic hydroxyl groups excluding tert-OH is 1. The fourth-order valence-corrected chi connectivity index (χ4v) is 1.79. The van der Waals surface area contributed by atoms with Gasteiger partial charge < -0.3 is 16.2 Å². The minimum absolute atomic E-state index is 0.0835. The summed E-state index contributed by atoms with van der Waals surface area (Å²) >= 11 is 0. The van der Waals surface area contributed by atoms with Crippen molar-refractivity contribution in [2.24, 2.45) is 4.99 Å².